The van der Waals surface area contributed by atoms with Gasteiger partial charge in [-0.05, 0) is 50.8 Å². The summed E-state index contributed by atoms with van der Waals surface area (Å²) in [6.45, 7) is 1.61. The number of hydrogen-bond acceptors (Lipinski definition) is 5. The zero-order valence-electron chi connectivity index (χ0n) is 12.0. The van der Waals surface area contributed by atoms with Crippen molar-refractivity contribution >= 4 is 11.8 Å². The molecular weight excluding hydrogens is 272 g/mol. The smallest absolute Gasteiger partial charge is 0.0827 e. The number of ether oxygens (including phenoxy) is 1. The van der Waals surface area contributed by atoms with Crippen LogP contribution in [0, 0.1) is 0 Å². The summed E-state index contributed by atoms with van der Waals surface area (Å²) in [6.07, 6.45) is 8.60. The summed E-state index contributed by atoms with van der Waals surface area (Å²) in [4.78, 5) is 0. The largest absolute Gasteiger partial charge is 0.374 e. The fraction of sp³-hybridized carbons (Fsp3) is 0.857. The van der Waals surface area contributed by atoms with Crippen molar-refractivity contribution in [2.45, 2.75) is 50.2 Å². The van der Waals surface area contributed by atoms with Gasteiger partial charge in [-0.3, -0.25) is 0 Å². The molecule has 2 saturated heterocycles. The maximum Gasteiger partial charge on any atom is 0.0827 e. The highest BCUT2D eigenvalue weighted by Gasteiger charge is 2.41. The Morgan fingerprint density at radius 2 is 2.45 bits per heavy atom. The number of rotatable bonds is 5. The van der Waals surface area contributed by atoms with E-state index in [4.69, 9.17) is 10.5 Å². The number of hydrogen-bond donors (Lipinski definition) is 1. The molecule has 3 heterocycles. The molecule has 2 aliphatic heterocycles. The van der Waals surface area contributed by atoms with Gasteiger partial charge in [0.1, 0.15) is 0 Å². The Bertz CT molecular complexity index is 431. The first kappa shape index (κ1) is 14.4. The number of thioether (sulfide) groups is 1. The Kier molecular flexibility index (Phi) is 4.63. The first-order chi connectivity index (χ1) is 9.81. The molecule has 2 N–H and O–H groups in total. The molecule has 0 radical (unpaired) electrons. The Balaban J connectivity index is 1.60. The predicted octanol–water partition coefficient (Wildman–Crippen LogP) is 1.79. The molecule has 0 bridgehead atoms. The molecule has 0 saturated carbocycles. The monoisotopic (exact) mass is 296 g/mol. The van der Waals surface area contributed by atoms with Crippen molar-refractivity contribution in [1.29, 1.82) is 0 Å². The normalized spacial score (nSPS) is 30.1. The third-order valence-electron chi connectivity index (χ3n) is 4.35. The minimum Gasteiger partial charge on any atom is -0.374 e. The summed E-state index contributed by atoms with van der Waals surface area (Å²) in [6, 6.07) is 0.457. The summed E-state index contributed by atoms with van der Waals surface area (Å²) in [5.41, 5.74) is 6.73. The van der Waals surface area contributed by atoms with Crippen LogP contribution in [0.4, 0.5) is 0 Å². The van der Waals surface area contributed by atoms with E-state index in [1.165, 1.54) is 12.2 Å². The molecule has 1 spiro atoms. The van der Waals surface area contributed by atoms with E-state index in [1.807, 2.05) is 11.8 Å². The molecule has 0 amide bonds. The van der Waals surface area contributed by atoms with Gasteiger partial charge in [0.15, 0.2) is 0 Å². The number of nitrogens with two attached hydrogens (primary N) is 1. The fourth-order valence-corrected chi connectivity index (χ4v) is 4.53. The van der Waals surface area contributed by atoms with Crippen LogP contribution in [0.25, 0.3) is 0 Å². The summed E-state index contributed by atoms with van der Waals surface area (Å²) in [7, 11) is 0. The van der Waals surface area contributed by atoms with Crippen molar-refractivity contribution < 1.29 is 4.74 Å². The van der Waals surface area contributed by atoms with Crippen molar-refractivity contribution in [3.63, 3.8) is 0 Å². The van der Waals surface area contributed by atoms with Crippen molar-refractivity contribution in [3.8, 4) is 0 Å². The zero-order valence-corrected chi connectivity index (χ0v) is 12.8. The van der Waals surface area contributed by atoms with Crippen LogP contribution in [0.5, 0.6) is 0 Å². The third-order valence-corrected chi connectivity index (χ3v) is 5.58. The molecule has 1 aromatic heterocycles. The Labute approximate surface area is 124 Å². The molecule has 112 valence electrons. The average molecular weight is 296 g/mol. The summed E-state index contributed by atoms with van der Waals surface area (Å²) in [5, 5.41) is 8.65. The van der Waals surface area contributed by atoms with Crippen molar-refractivity contribution in [3.05, 3.63) is 11.9 Å². The molecule has 6 heteroatoms. The molecule has 0 aliphatic carbocycles. The van der Waals surface area contributed by atoms with Gasteiger partial charge in [0.2, 0.25) is 0 Å². The summed E-state index contributed by atoms with van der Waals surface area (Å²) < 4.78 is 8.14. The van der Waals surface area contributed by atoms with Gasteiger partial charge in [0.25, 0.3) is 0 Å². The molecule has 20 heavy (non-hydrogen) atoms. The van der Waals surface area contributed by atoms with Crippen molar-refractivity contribution in [2.75, 3.05) is 24.7 Å². The molecular formula is C14H24N4OS. The lowest BCUT2D eigenvalue weighted by Crippen LogP contribution is -2.40. The maximum absolute atomic E-state index is 6.07. The minimum atomic E-state index is 0.110. The fourth-order valence-electron chi connectivity index (χ4n) is 3.15. The van der Waals surface area contributed by atoms with Gasteiger partial charge in [-0.2, -0.15) is 11.8 Å². The van der Waals surface area contributed by atoms with Gasteiger partial charge in [0.05, 0.1) is 17.3 Å². The van der Waals surface area contributed by atoms with Crippen LogP contribution in [0.2, 0.25) is 0 Å². The third kappa shape index (κ3) is 3.18. The second kappa shape index (κ2) is 6.45. The lowest BCUT2D eigenvalue weighted by molar-refractivity contribution is -0.0780. The quantitative estimate of drug-likeness (QED) is 0.839. The highest BCUT2D eigenvalue weighted by molar-refractivity contribution is 7.99. The van der Waals surface area contributed by atoms with Crippen LogP contribution in [0.3, 0.4) is 0 Å². The number of aryl methyl sites for hydroxylation is 1. The number of nitrogens with zero attached hydrogens (tertiary/aromatic N) is 3. The van der Waals surface area contributed by atoms with Crippen LogP contribution in [0.15, 0.2) is 6.20 Å². The first-order valence-corrected chi connectivity index (χ1v) is 8.79. The summed E-state index contributed by atoms with van der Waals surface area (Å²) >= 11 is 2.01. The molecule has 2 unspecified atom stereocenters. The van der Waals surface area contributed by atoms with Crippen molar-refractivity contribution in [1.82, 2.24) is 15.0 Å². The Hall–Kier alpha value is -0.590. The van der Waals surface area contributed by atoms with Gasteiger partial charge in [-0.25, -0.2) is 4.68 Å². The van der Waals surface area contributed by atoms with Gasteiger partial charge in [-0.15, -0.1) is 5.10 Å². The molecule has 0 aromatic carbocycles. The maximum atomic E-state index is 6.07. The predicted molar refractivity (Wildman–Crippen MR) is 80.9 cm³/mol. The highest BCUT2D eigenvalue weighted by Crippen LogP contribution is 2.41. The standard InChI is InChI=1S/C14H24N4OS/c15-6-2-1-3-12-10-18(17-16-12)13-4-7-19-14(9-13)5-8-20-11-14/h10,13H,1-9,11,15H2. The topological polar surface area (TPSA) is 66.0 Å². The number of aromatic nitrogens is 3. The average Bonchev–Trinajstić information content (AvgIpc) is 3.09. The number of unbranched alkanes of at least 4 members (excludes halogenated alkanes) is 1. The van der Waals surface area contributed by atoms with Gasteiger partial charge >= 0.3 is 0 Å². The van der Waals surface area contributed by atoms with E-state index in [0.29, 0.717) is 6.04 Å². The minimum absolute atomic E-state index is 0.110. The van der Waals surface area contributed by atoms with Crippen LogP contribution >= 0.6 is 11.8 Å². The van der Waals surface area contributed by atoms with Gasteiger partial charge < -0.3 is 10.5 Å². The van der Waals surface area contributed by atoms with E-state index in [9.17, 15) is 0 Å². The Morgan fingerprint density at radius 3 is 3.25 bits per heavy atom. The van der Waals surface area contributed by atoms with E-state index in [-0.39, 0.29) is 5.60 Å². The van der Waals surface area contributed by atoms with Crippen LogP contribution in [0.1, 0.15) is 43.8 Å². The SMILES string of the molecule is NCCCCc1cn(C2CCOC3(CCSC3)C2)nn1. The second-order valence-electron chi connectivity index (χ2n) is 5.92. The van der Waals surface area contributed by atoms with Crippen LogP contribution < -0.4 is 5.73 Å². The summed E-state index contributed by atoms with van der Waals surface area (Å²) in [5.74, 6) is 2.37. The van der Waals surface area contributed by atoms with Crippen LogP contribution in [-0.2, 0) is 11.2 Å². The highest BCUT2D eigenvalue weighted by atomic mass is 32.2. The van der Waals surface area contributed by atoms with E-state index >= 15 is 0 Å². The van der Waals surface area contributed by atoms with Crippen molar-refractivity contribution in [2.24, 2.45) is 5.73 Å². The second-order valence-corrected chi connectivity index (χ2v) is 7.02. The molecule has 2 atom stereocenters. The molecule has 2 aliphatic rings. The molecule has 5 nitrogen and oxygen atoms in total. The van der Waals surface area contributed by atoms with Gasteiger partial charge in [-0.1, -0.05) is 5.21 Å². The zero-order chi connectivity index (χ0) is 13.8. The van der Waals surface area contributed by atoms with E-state index in [1.54, 1.807) is 0 Å². The molecule has 3 rings (SSSR count). The van der Waals surface area contributed by atoms with Gasteiger partial charge in [0, 0.05) is 18.6 Å². The first-order valence-electron chi connectivity index (χ1n) is 7.64. The van der Waals surface area contributed by atoms with Crippen LogP contribution in [-0.4, -0.2) is 45.3 Å². The lowest BCUT2D eigenvalue weighted by Gasteiger charge is -2.37. The van der Waals surface area contributed by atoms with E-state index in [2.05, 4.69) is 21.2 Å². The van der Waals surface area contributed by atoms with E-state index in [0.717, 1.165) is 56.7 Å². The van der Waals surface area contributed by atoms with E-state index < -0.39 is 0 Å². The lowest BCUT2D eigenvalue weighted by atomic mass is 9.90. The Morgan fingerprint density at radius 1 is 1.50 bits per heavy atom. The molecule has 2 fully saturated rings. The molecule has 1 aromatic rings.